The molecule has 1 aromatic carbocycles. The van der Waals surface area contributed by atoms with E-state index in [4.69, 9.17) is 4.52 Å². The summed E-state index contributed by atoms with van der Waals surface area (Å²) in [7, 11) is 0. The minimum absolute atomic E-state index is 0.251. The molecular weight excluding hydrogens is 255 g/mol. The van der Waals surface area contributed by atoms with Crippen LogP contribution in [0.4, 0.5) is 10.3 Å². The molecule has 0 radical (unpaired) electrons. The predicted octanol–water partition coefficient (Wildman–Crippen LogP) is 5.35. The number of rotatable bonds is 3. The van der Waals surface area contributed by atoms with E-state index in [1.54, 1.807) is 18.3 Å². The lowest BCUT2D eigenvalue weighted by Gasteiger charge is -2.07. The van der Waals surface area contributed by atoms with Crippen molar-refractivity contribution in [3.05, 3.63) is 36.3 Å². The molecule has 4 heteroatoms. The monoisotopic (exact) mass is 280 g/mol. The van der Waals surface area contributed by atoms with E-state index in [2.05, 4.69) is 10.5 Å². The molecule has 1 N–H and O–H groups in total. The molecule has 1 aromatic heterocycles. The van der Waals surface area contributed by atoms with Crippen molar-refractivity contribution in [3.63, 3.8) is 0 Å². The fourth-order valence-corrected chi connectivity index (χ4v) is 1.44. The van der Waals surface area contributed by atoms with E-state index in [-0.39, 0.29) is 11.9 Å². The first kappa shape index (κ1) is 18.2. The first-order chi connectivity index (χ1) is 9.66. The van der Waals surface area contributed by atoms with Crippen molar-refractivity contribution in [2.75, 3.05) is 5.32 Å². The lowest BCUT2D eigenvalue weighted by molar-refractivity contribution is 0.430. The fourth-order valence-electron chi connectivity index (χ4n) is 1.44. The van der Waals surface area contributed by atoms with Crippen LogP contribution in [0.2, 0.25) is 0 Å². The molecule has 0 aliphatic rings. The van der Waals surface area contributed by atoms with Gasteiger partial charge in [-0.25, -0.2) is 4.39 Å². The topological polar surface area (TPSA) is 38.1 Å². The molecule has 3 nitrogen and oxygen atoms in total. The SMILES string of the molecule is CC.CC.CC(C)Nc1oncc1-c1ccc(F)cc1. The normalized spacial score (nSPS) is 9.20. The molecule has 112 valence electrons. The number of hydrogen-bond donors (Lipinski definition) is 1. The summed E-state index contributed by atoms with van der Waals surface area (Å²) in [6, 6.07) is 6.50. The van der Waals surface area contributed by atoms with Crippen LogP contribution in [-0.4, -0.2) is 11.2 Å². The zero-order chi connectivity index (χ0) is 15.5. The lowest BCUT2D eigenvalue weighted by Crippen LogP contribution is -2.09. The molecule has 2 aromatic rings. The lowest BCUT2D eigenvalue weighted by atomic mass is 10.1. The van der Waals surface area contributed by atoms with Crippen LogP contribution in [-0.2, 0) is 0 Å². The second kappa shape index (κ2) is 10.0. The van der Waals surface area contributed by atoms with Gasteiger partial charge in [0.2, 0.25) is 5.88 Å². The number of hydrogen-bond acceptors (Lipinski definition) is 3. The van der Waals surface area contributed by atoms with Gasteiger partial charge in [-0.1, -0.05) is 45.0 Å². The van der Waals surface area contributed by atoms with Crippen LogP contribution in [0, 0.1) is 5.82 Å². The maximum atomic E-state index is 12.8. The summed E-state index contributed by atoms with van der Waals surface area (Å²) in [5.41, 5.74) is 1.72. The average molecular weight is 280 g/mol. The van der Waals surface area contributed by atoms with E-state index >= 15 is 0 Å². The molecule has 0 amide bonds. The summed E-state index contributed by atoms with van der Waals surface area (Å²) in [5, 5.41) is 6.89. The maximum Gasteiger partial charge on any atom is 0.232 e. The Bertz CT molecular complexity index is 464. The summed E-state index contributed by atoms with van der Waals surface area (Å²) < 4.78 is 17.9. The van der Waals surface area contributed by atoms with Gasteiger partial charge >= 0.3 is 0 Å². The fraction of sp³-hybridized carbons (Fsp3) is 0.438. The summed E-state index contributed by atoms with van der Waals surface area (Å²) in [5.74, 6) is 0.361. The zero-order valence-corrected chi connectivity index (χ0v) is 13.2. The zero-order valence-electron chi connectivity index (χ0n) is 13.2. The van der Waals surface area contributed by atoms with Crippen LogP contribution in [0.5, 0.6) is 0 Å². The van der Waals surface area contributed by atoms with Crippen LogP contribution in [0.3, 0.4) is 0 Å². The number of benzene rings is 1. The van der Waals surface area contributed by atoms with Crippen molar-refractivity contribution in [2.45, 2.75) is 47.6 Å². The van der Waals surface area contributed by atoms with E-state index in [1.165, 1.54) is 12.1 Å². The second-order valence-electron chi connectivity index (χ2n) is 3.87. The summed E-state index contributed by atoms with van der Waals surface area (Å²) in [6.07, 6.45) is 1.62. The van der Waals surface area contributed by atoms with E-state index in [0.717, 1.165) is 11.1 Å². The van der Waals surface area contributed by atoms with Gasteiger partial charge in [0.1, 0.15) is 5.82 Å². The highest BCUT2D eigenvalue weighted by atomic mass is 19.1. The molecule has 0 unspecified atom stereocenters. The Labute approximate surface area is 121 Å². The van der Waals surface area contributed by atoms with Crippen molar-refractivity contribution >= 4 is 5.88 Å². The maximum absolute atomic E-state index is 12.8. The van der Waals surface area contributed by atoms with Gasteiger partial charge in [-0.3, -0.25) is 0 Å². The molecule has 0 saturated carbocycles. The Kier molecular flexibility index (Phi) is 9.09. The molecular formula is C16H25FN2O. The third kappa shape index (κ3) is 5.43. The van der Waals surface area contributed by atoms with Crippen molar-refractivity contribution in [2.24, 2.45) is 0 Å². The third-order valence-corrected chi connectivity index (χ3v) is 2.15. The summed E-state index contributed by atoms with van der Waals surface area (Å²) in [6.45, 7) is 12.0. The molecule has 0 aliphatic carbocycles. The number of halogens is 1. The molecule has 20 heavy (non-hydrogen) atoms. The smallest absolute Gasteiger partial charge is 0.232 e. The molecule has 2 rings (SSSR count). The van der Waals surface area contributed by atoms with Gasteiger partial charge < -0.3 is 9.84 Å². The Morgan fingerprint density at radius 1 is 1.05 bits per heavy atom. The van der Waals surface area contributed by atoms with Crippen LogP contribution in [0.15, 0.2) is 35.0 Å². The van der Waals surface area contributed by atoms with Crippen LogP contribution in [0.1, 0.15) is 41.5 Å². The van der Waals surface area contributed by atoms with E-state index in [9.17, 15) is 4.39 Å². The van der Waals surface area contributed by atoms with Gasteiger partial charge in [0.05, 0.1) is 11.8 Å². The van der Waals surface area contributed by atoms with Crippen LogP contribution >= 0.6 is 0 Å². The standard InChI is InChI=1S/C12H13FN2O.2C2H6/c1-8(2)15-12-11(7-14-16-12)9-3-5-10(13)6-4-9;2*1-2/h3-8,15H,1-2H3;2*1-2H3. The molecule has 0 bridgehead atoms. The van der Waals surface area contributed by atoms with Crippen molar-refractivity contribution in [1.29, 1.82) is 0 Å². The summed E-state index contributed by atoms with van der Waals surface area (Å²) >= 11 is 0. The third-order valence-electron chi connectivity index (χ3n) is 2.15. The summed E-state index contributed by atoms with van der Waals surface area (Å²) in [4.78, 5) is 0. The molecule has 0 saturated heterocycles. The number of nitrogens with zero attached hydrogens (tertiary/aromatic N) is 1. The van der Waals surface area contributed by atoms with Gasteiger partial charge in [-0.2, -0.15) is 0 Å². The van der Waals surface area contributed by atoms with E-state index < -0.39 is 0 Å². The van der Waals surface area contributed by atoms with Gasteiger partial charge in [0.25, 0.3) is 0 Å². The van der Waals surface area contributed by atoms with Gasteiger partial charge in [0.15, 0.2) is 0 Å². The highest BCUT2D eigenvalue weighted by Crippen LogP contribution is 2.28. The van der Waals surface area contributed by atoms with E-state index in [0.29, 0.717) is 5.88 Å². The minimum atomic E-state index is -0.251. The largest absolute Gasteiger partial charge is 0.351 e. The quantitative estimate of drug-likeness (QED) is 0.823. The van der Waals surface area contributed by atoms with E-state index in [1.807, 2.05) is 41.5 Å². The average Bonchev–Trinajstić information content (AvgIpc) is 2.91. The molecule has 0 fully saturated rings. The second-order valence-corrected chi connectivity index (χ2v) is 3.87. The molecule has 1 heterocycles. The number of anilines is 1. The Balaban J connectivity index is 0.000000829. The van der Waals surface area contributed by atoms with Crippen molar-refractivity contribution < 1.29 is 8.91 Å². The Hall–Kier alpha value is -1.84. The first-order valence-electron chi connectivity index (χ1n) is 7.14. The number of aromatic nitrogens is 1. The molecule has 0 spiro atoms. The Morgan fingerprint density at radius 3 is 2.10 bits per heavy atom. The Morgan fingerprint density at radius 2 is 1.60 bits per heavy atom. The van der Waals surface area contributed by atoms with Gasteiger partial charge in [-0.15, -0.1) is 0 Å². The predicted molar refractivity (Wildman–Crippen MR) is 83.4 cm³/mol. The van der Waals surface area contributed by atoms with Crippen molar-refractivity contribution in [1.82, 2.24) is 5.16 Å². The first-order valence-corrected chi connectivity index (χ1v) is 7.14. The van der Waals surface area contributed by atoms with Crippen molar-refractivity contribution in [3.8, 4) is 11.1 Å². The van der Waals surface area contributed by atoms with Gasteiger partial charge in [0, 0.05) is 6.04 Å². The molecule has 0 atom stereocenters. The highest BCUT2D eigenvalue weighted by Gasteiger charge is 2.10. The minimum Gasteiger partial charge on any atom is -0.351 e. The highest BCUT2D eigenvalue weighted by molar-refractivity contribution is 5.73. The number of nitrogens with one attached hydrogen (secondary N) is 1. The van der Waals surface area contributed by atoms with Crippen LogP contribution in [0.25, 0.3) is 11.1 Å². The molecule has 0 aliphatic heterocycles. The van der Waals surface area contributed by atoms with Crippen LogP contribution < -0.4 is 5.32 Å². The van der Waals surface area contributed by atoms with Gasteiger partial charge in [-0.05, 0) is 31.5 Å².